The van der Waals surface area contributed by atoms with Crippen molar-refractivity contribution in [2.24, 2.45) is 5.92 Å². The van der Waals surface area contributed by atoms with Crippen molar-refractivity contribution >= 4 is 0 Å². The fourth-order valence-electron chi connectivity index (χ4n) is 3.66. The van der Waals surface area contributed by atoms with Gasteiger partial charge in [0.05, 0.1) is 5.60 Å². The first-order chi connectivity index (χ1) is 8.54. The van der Waals surface area contributed by atoms with Crippen LogP contribution < -0.4 is 0 Å². The Morgan fingerprint density at radius 2 is 1.89 bits per heavy atom. The predicted molar refractivity (Wildman–Crippen MR) is 68.3 cm³/mol. The molecule has 4 nitrogen and oxygen atoms in total. The molecular formula is C14H26O4. The zero-order chi connectivity index (χ0) is 13.2. The first-order valence-electron chi connectivity index (χ1n) is 6.96. The molecule has 4 heteroatoms. The maximum atomic E-state index is 10.7. The normalized spacial score (nSPS) is 30.8. The van der Waals surface area contributed by atoms with Crippen LogP contribution in [0, 0.1) is 5.92 Å². The predicted octanol–water partition coefficient (Wildman–Crippen LogP) is 2.10. The van der Waals surface area contributed by atoms with Crippen LogP contribution in [0.4, 0.5) is 0 Å². The van der Waals surface area contributed by atoms with Crippen LogP contribution >= 0.6 is 0 Å². The maximum Gasteiger partial charge on any atom is 0.185 e. The van der Waals surface area contributed by atoms with E-state index in [2.05, 4.69) is 0 Å². The van der Waals surface area contributed by atoms with Gasteiger partial charge in [-0.1, -0.05) is 12.8 Å². The van der Waals surface area contributed by atoms with Gasteiger partial charge in [-0.15, -0.1) is 0 Å². The molecule has 0 bridgehead atoms. The van der Waals surface area contributed by atoms with Crippen molar-refractivity contribution in [3.05, 3.63) is 0 Å². The van der Waals surface area contributed by atoms with E-state index in [9.17, 15) is 5.11 Å². The summed E-state index contributed by atoms with van der Waals surface area (Å²) >= 11 is 0. The molecule has 1 N–H and O–H groups in total. The molecule has 18 heavy (non-hydrogen) atoms. The molecule has 2 atom stereocenters. The topological polar surface area (TPSA) is 47.9 Å². The van der Waals surface area contributed by atoms with Crippen LogP contribution in [0.2, 0.25) is 0 Å². The Hall–Kier alpha value is -0.160. The lowest BCUT2D eigenvalue weighted by Crippen LogP contribution is -2.53. The number of rotatable bonds is 4. The monoisotopic (exact) mass is 258 g/mol. The van der Waals surface area contributed by atoms with E-state index in [1.54, 1.807) is 14.2 Å². The summed E-state index contributed by atoms with van der Waals surface area (Å²) in [6.45, 7) is 2.56. The van der Waals surface area contributed by atoms with E-state index in [0.29, 0.717) is 0 Å². The van der Waals surface area contributed by atoms with E-state index in [1.807, 2.05) is 6.92 Å². The molecule has 1 aliphatic heterocycles. The number of methoxy groups -OCH3 is 2. The van der Waals surface area contributed by atoms with Gasteiger partial charge in [-0.25, -0.2) is 0 Å². The number of ether oxygens (including phenoxy) is 3. The fraction of sp³-hybridized carbons (Fsp3) is 1.00. The first kappa shape index (κ1) is 14.3. The van der Waals surface area contributed by atoms with Crippen LogP contribution in [0.1, 0.15) is 45.4 Å². The van der Waals surface area contributed by atoms with Gasteiger partial charge in [0.15, 0.2) is 6.29 Å². The summed E-state index contributed by atoms with van der Waals surface area (Å²) in [5.74, 6) is 0.175. The third kappa shape index (κ3) is 2.57. The van der Waals surface area contributed by atoms with Crippen molar-refractivity contribution < 1.29 is 19.3 Å². The molecule has 2 unspecified atom stereocenters. The molecule has 1 spiro atoms. The van der Waals surface area contributed by atoms with Gasteiger partial charge in [0.2, 0.25) is 0 Å². The third-order valence-corrected chi connectivity index (χ3v) is 4.74. The van der Waals surface area contributed by atoms with Crippen molar-refractivity contribution in [1.29, 1.82) is 0 Å². The average Bonchev–Trinajstić information content (AvgIpc) is 2.78. The van der Waals surface area contributed by atoms with E-state index in [1.165, 1.54) is 12.8 Å². The highest BCUT2D eigenvalue weighted by Crippen LogP contribution is 2.45. The molecule has 1 saturated heterocycles. The minimum Gasteiger partial charge on any atom is -0.385 e. The lowest BCUT2D eigenvalue weighted by Gasteiger charge is -2.45. The zero-order valence-electron chi connectivity index (χ0n) is 11.8. The minimum absolute atomic E-state index is 0.0128. The smallest absolute Gasteiger partial charge is 0.185 e. The third-order valence-electron chi connectivity index (χ3n) is 4.74. The summed E-state index contributed by atoms with van der Waals surface area (Å²) in [7, 11) is 3.15. The van der Waals surface area contributed by atoms with Crippen LogP contribution in [-0.2, 0) is 14.2 Å². The van der Waals surface area contributed by atoms with Crippen LogP contribution in [-0.4, -0.2) is 43.4 Å². The largest absolute Gasteiger partial charge is 0.385 e. The number of aliphatic hydroxyl groups is 1. The van der Waals surface area contributed by atoms with E-state index in [-0.39, 0.29) is 11.5 Å². The van der Waals surface area contributed by atoms with Crippen molar-refractivity contribution in [1.82, 2.24) is 0 Å². The van der Waals surface area contributed by atoms with E-state index in [4.69, 9.17) is 14.2 Å². The SMILES string of the molecule is COC(OC)C(C)(O)C1CCOC2(CCCC2)C1. The standard InChI is InChI=1S/C14H26O4/c1-13(15,12(16-2)17-3)11-6-9-18-14(10-11)7-4-5-8-14/h11-12,15H,4-10H2,1-3H3. The second-order valence-corrected chi connectivity index (χ2v) is 5.96. The molecule has 0 aromatic carbocycles. The van der Waals surface area contributed by atoms with Gasteiger partial charge < -0.3 is 19.3 Å². The average molecular weight is 258 g/mol. The van der Waals surface area contributed by atoms with Crippen LogP contribution in [0.3, 0.4) is 0 Å². The molecule has 2 fully saturated rings. The molecule has 2 rings (SSSR count). The Balaban J connectivity index is 2.07. The van der Waals surface area contributed by atoms with Gasteiger partial charge in [-0.05, 0) is 38.5 Å². The highest BCUT2D eigenvalue weighted by atomic mass is 16.7. The summed E-state index contributed by atoms with van der Waals surface area (Å²) in [5.41, 5.74) is -0.943. The van der Waals surface area contributed by atoms with Gasteiger partial charge in [-0.3, -0.25) is 0 Å². The van der Waals surface area contributed by atoms with Crippen molar-refractivity contribution in [2.45, 2.75) is 62.9 Å². The summed E-state index contributed by atoms with van der Waals surface area (Å²) in [4.78, 5) is 0. The molecule has 0 radical (unpaired) electrons. The lowest BCUT2D eigenvalue weighted by atomic mass is 9.75. The Bertz CT molecular complexity index is 267. The van der Waals surface area contributed by atoms with Crippen LogP contribution in [0.15, 0.2) is 0 Å². The summed E-state index contributed by atoms with van der Waals surface area (Å²) < 4.78 is 16.5. The van der Waals surface area contributed by atoms with Gasteiger partial charge in [0, 0.05) is 20.8 Å². The van der Waals surface area contributed by atoms with E-state index >= 15 is 0 Å². The zero-order valence-corrected chi connectivity index (χ0v) is 11.8. The maximum absolute atomic E-state index is 10.7. The molecule has 2 aliphatic rings. The lowest BCUT2D eigenvalue weighted by molar-refractivity contribution is -0.245. The first-order valence-corrected chi connectivity index (χ1v) is 6.96. The Morgan fingerprint density at radius 3 is 2.44 bits per heavy atom. The minimum atomic E-state index is -0.955. The van der Waals surface area contributed by atoms with Crippen molar-refractivity contribution in [2.75, 3.05) is 20.8 Å². The second kappa shape index (κ2) is 5.45. The highest BCUT2D eigenvalue weighted by Gasteiger charge is 2.48. The van der Waals surface area contributed by atoms with Gasteiger partial charge >= 0.3 is 0 Å². The molecule has 1 aliphatic carbocycles. The van der Waals surface area contributed by atoms with Crippen molar-refractivity contribution in [3.8, 4) is 0 Å². The molecule has 106 valence electrons. The van der Waals surface area contributed by atoms with Gasteiger partial charge in [0.1, 0.15) is 5.60 Å². The summed E-state index contributed by atoms with van der Waals surface area (Å²) in [6, 6.07) is 0. The summed E-state index contributed by atoms with van der Waals surface area (Å²) in [6.07, 6.45) is 5.97. The van der Waals surface area contributed by atoms with Crippen LogP contribution in [0.25, 0.3) is 0 Å². The van der Waals surface area contributed by atoms with Crippen LogP contribution in [0.5, 0.6) is 0 Å². The Kier molecular flexibility index (Phi) is 4.32. The molecular weight excluding hydrogens is 232 g/mol. The Morgan fingerprint density at radius 1 is 1.28 bits per heavy atom. The van der Waals surface area contributed by atoms with E-state index in [0.717, 1.165) is 32.3 Å². The number of hydrogen-bond donors (Lipinski definition) is 1. The second-order valence-electron chi connectivity index (χ2n) is 5.96. The molecule has 0 aromatic heterocycles. The Labute approximate surface area is 110 Å². The van der Waals surface area contributed by atoms with Crippen molar-refractivity contribution in [3.63, 3.8) is 0 Å². The van der Waals surface area contributed by atoms with Gasteiger partial charge in [0.25, 0.3) is 0 Å². The molecule has 1 heterocycles. The molecule has 0 aromatic rings. The molecule has 0 amide bonds. The van der Waals surface area contributed by atoms with E-state index < -0.39 is 11.9 Å². The number of hydrogen-bond acceptors (Lipinski definition) is 4. The summed E-state index contributed by atoms with van der Waals surface area (Å²) in [5, 5.41) is 10.7. The quantitative estimate of drug-likeness (QED) is 0.784. The molecule has 1 saturated carbocycles. The highest BCUT2D eigenvalue weighted by molar-refractivity contribution is 4.97. The van der Waals surface area contributed by atoms with Gasteiger partial charge in [-0.2, -0.15) is 0 Å². The fourth-order valence-corrected chi connectivity index (χ4v) is 3.66.